The fourth-order valence-electron chi connectivity index (χ4n) is 4.25. The number of rotatable bonds is 9. The maximum Gasteiger partial charge on any atom is 0.343 e. The number of aromatic nitrogens is 2. The Morgan fingerprint density at radius 1 is 1.00 bits per heavy atom. The summed E-state index contributed by atoms with van der Waals surface area (Å²) in [6.07, 6.45) is 6.71. The van der Waals surface area contributed by atoms with E-state index in [2.05, 4.69) is 16.6 Å². The van der Waals surface area contributed by atoms with E-state index in [1.165, 1.54) is 26.4 Å². The molecular weight excluding hydrogens is 408 g/mol. The molecule has 3 rings (SSSR count). The summed E-state index contributed by atoms with van der Waals surface area (Å²) >= 11 is 0. The first-order chi connectivity index (χ1) is 15.4. The first-order valence-electron chi connectivity index (χ1n) is 11.2. The second-order valence-corrected chi connectivity index (χ2v) is 8.34. The van der Waals surface area contributed by atoms with Crippen molar-refractivity contribution in [1.29, 1.82) is 0 Å². The lowest BCUT2D eigenvalue weighted by atomic mass is 9.86. The van der Waals surface area contributed by atoms with E-state index in [1.54, 1.807) is 7.11 Å². The molecule has 0 N–H and O–H groups in total. The highest BCUT2D eigenvalue weighted by atomic mass is 16.7. The van der Waals surface area contributed by atoms with Gasteiger partial charge in [-0.1, -0.05) is 19.3 Å². The highest BCUT2D eigenvalue weighted by Crippen LogP contribution is 2.37. The molecule has 0 bridgehead atoms. The van der Waals surface area contributed by atoms with Crippen LogP contribution in [0.5, 0.6) is 11.6 Å². The van der Waals surface area contributed by atoms with Crippen LogP contribution in [0.1, 0.15) is 71.8 Å². The maximum absolute atomic E-state index is 11.4. The van der Waals surface area contributed by atoms with Gasteiger partial charge in [0.25, 0.3) is 0 Å². The van der Waals surface area contributed by atoms with Crippen LogP contribution >= 0.6 is 0 Å². The number of aryl methyl sites for hydroxylation is 1. The van der Waals surface area contributed by atoms with Gasteiger partial charge in [0, 0.05) is 36.4 Å². The molecule has 32 heavy (non-hydrogen) atoms. The summed E-state index contributed by atoms with van der Waals surface area (Å²) in [6.45, 7) is 6.04. The van der Waals surface area contributed by atoms with Crippen molar-refractivity contribution in [3.63, 3.8) is 0 Å². The third kappa shape index (κ3) is 5.76. The van der Waals surface area contributed by atoms with Crippen LogP contribution < -0.4 is 9.47 Å². The Morgan fingerprint density at radius 3 is 2.44 bits per heavy atom. The summed E-state index contributed by atoms with van der Waals surface area (Å²) in [5, 5.41) is 0. The number of methoxy groups -OCH3 is 2. The third-order valence-corrected chi connectivity index (χ3v) is 6.22. The lowest BCUT2D eigenvalue weighted by Gasteiger charge is -2.24. The largest absolute Gasteiger partial charge is 0.466 e. The molecule has 1 fully saturated rings. The van der Waals surface area contributed by atoms with E-state index in [1.807, 2.05) is 26.0 Å². The molecule has 1 aliphatic carbocycles. The predicted molar refractivity (Wildman–Crippen MR) is 121 cm³/mol. The van der Waals surface area contributed by atoms with Gasteiger partial charge in [0.05, 0.1) is 12.8 Å². The molecule has 174 valence electrons. The summed E-state index contributed by atoms with van der Waals surface area (Å²) in [4.78, 5) is 21.1. The zero-order valence-corrected chi connectivity index (χ0v) is 19.8. The van der Waals surface area contributed by atoms with Crippen molar-refractivity contribution in [2.24, 2.45) is 0 Å². The SMILES string of the molecule is COCOc1ccc(Cc2c(C)nc(OCC(=O)OC)c(C)c2C)nc1C1CCCCC1. The molecule has 2 heterocycles. The van der Waals surface area contributed by atoms with Gasteiger partial charge in [-0.25, -0.2) is 9.78 Å². The molecule has 7 nitrogen and oxygen atoms in total. The minimum absolute atomic E-state index is 0.155. The minimum atomic E-state index is -0.430. The predicted octanol–water partition coefficient (Wildman–Crippen LogP) is 4.57. The van der Waals surface area contributed by atoms with Crippen molar-refractivity contribution in [1.82, 2.24) is 9.97 Å². The second kappa shape index (κ2) is 11.3. The number of carbonyl (C=O) groups is 1. The summed E-state index contributed by atoms with van der Waals surface area (Å²) in [7, 11) is 2.97. The Morgan fingerprint density at radius 2 is 1.75 bits per heavy atom. The molecule has 2 aromatic rings. The molecule has 0 aromatic carbocycles. The lowest BCUT2D eigenvalue weighted by molar-refractivity contribution is -0.143. The van der Waals surface area contributed by atoms with Gasteiger partial charge in [0.2, 0.25) is 5.88 Å². The molecule has 2 aromatic heterocycles. The minimum Gasteiger partial charge on any atom is -0.466 e. The van der Waals surface area contributed by atoms with Gasteiger partial charge >= 0.3 is 5.97 Å². The molecule has 0 saturated heterocycles. The van der Waals surface area contributed by atoms with E-state index in [0.717, 1.165) is 52.4 Å². The Kier molecular flexibility index (Phi) is 8.45. The second-order valence-electron chi connectivity index (χ2n) is 8.34. The molecular formula is C25H34N2O5. The number of nitrogens with zero attached hydrogens (tertiary/aromatic N) is 2. The summed E-state index contributed by atoms with van der Waals surface area (Å²) in [6, 6.07) is 4.04. The van der Waals surface area contributed by atoms with E-state index in [4.69, 9.17) is 19.2 Å². The van der Waals surface area contributed by atoms with E-state index in [9.17, 15) is 4.79 Å². The Labute approximate surface area is 190 Å². The third-order valence-electron chi connectivity index (χ3n) is 6.22. The van der Waals surface area contributed by atoms with Gasteiger partial charge in [-0.05, 0) is 56.9 Å². The number of esters is 1. The molecule has 0 aliphatic heterocycles. The average Bonchev–Trinajstić information content (AvgIpc) is 2.82. The average molecular weight is 443 g/mol. The highest BCUT2D eigenvalue weighted by molar-refractivity contribution is 5.70. The number of carbonyl (C=O) groups excluding carboxylic acids is 1. The lowest BCUT2D eigenvalue weighted by Crippen LogP contribution is -2.15. The topological polar surface area (TPSA) is 79.8 Å². The van der Waals surface area contributed by atoms with Crippen LogP contribution in [0.15, 0.2) is 12.1 Å². The van der Waals surface area contributed by atoms with Gasteiger partial charge in [0.1, 0.15) is 5.75 Å². The quantitative estimate of drug-likeness (QED) is 0.415. The van der Waals surface area contributed by atoms with Crippen molar-refractivity contribution >= 4 is 5.97 Å². The summed E-state index contributed by atoms with van der Waals surface area (Å²) < 4.78 is 21.2. The fraction of sp³-hybridized carbons (Fsp3) is 0.560. The van der Waals surface area contributed by atoms with Gasteiger partial charge < -0.3 is 18.9 Å². The van der Waals surface area contributed by atoms with Crippen LogP contribution in [0.3, 0.4) is 0 Å². The highest BCUT2D eigenvalue weighted by Gasteiger charge is 2.22. The van der Waals surface area contributed by atoms with E-state index in [-0.39, 0.29) is 13.4 Å². The van der Waals surface area contributed by atoms with Gasteiger partial charge in [-0.2, -0.15) is 0 Å². The van der Waals surface area contributed by atoms with Crippen LogP contribution in [0.25, 0.3) is 0 Å². The number of hydrogen-bond acceptors (Lipinski definition) is 7. The Bertz CT molecular complexity index is 938. The van der Waals surface area contributed by atoms with Gasteiger partial charge in [0.15, 0.2) is 13.4 Å². The van der Waals surface area contributed by atoms with Gasteiger partial charge in [-0.15, -0.1) is 0 Å². The molecule has 1 aliphatic rings. The normalized spacial score (nSPS) is 14.3. The fourth-order valence-corrected chi connectivity index (χ4v) is 4.25. The van der Waals surface area contributed by atoms with E-state index in [0.29, 0.717) is 18.2 Å². The van der Waals surface area contributed by atoms with E-state index < -0.39 is 5.97 Å². The Hall–Kier alpha value is -2.67. The molecule has 1 saturated carbocycles. The molecule has 0 unspecified atom stereocenters. The van der Waals surface area contributed by atoms with Gasteiger partial charge in [-0.3, -0.25) is 4.98 Å². The first kappa shape index (κ1) is 24.0. The molecule has 7 heteroatoms. The zero-order chi connectivity index (χ0) is 23.1. The number of pyridine rings is 2. The standard InChI is InChI=1S/C25H34N2O5/c1-16-17(2)25(31-14-23(28)30-5)26-18(3)21(16)13-20-11-12-22(32-15-29-4)24(27-20)19-9-7-6-8-10-19/h11-12,19H,6-10,13-15H2,1-5H3. The summed E-state index contributed by atoms with van der Waals surface area (Å²) in [5.41, 5.74) is 6.04. The summed E-state index contributed by atoms with van der Waals surface area (Å²) in [5.74, 6) is 1.28. The Balaban J connectivity index is 1.87. The van der Waals surface area contributed by atoms with Crippen molar-refractivity contribution in [2.45, 2.75) is 65.2 Å². The monoisotopic (exact) mass is 442 g/mol. The van der Waals surface area contributed by atoms with Crippen LogP contribution in [0.2, 0.25) is 0 Å². The van der Waals surface area contributed by atoms with Crippen LogP contribution in [0, 0.1) is 20.8 Å². The van der Waals surface area contributed by atoms with Crippen LogP contribution in [0.4, 0.5) is 0 Å². The van der Waals surface area contributed by atoms with Crippen molar-refractivity contribution in [3.8, 4) is 11.6 Å². The molecule has 0 spiro atoms. The van der Waals surface area contributed by atoms with Crippen LogP contribution in [-0.4, -0.2) is 43.6 Å². The number of hydrogen-bond donors (Lipinski definition) is 0. The first-order valence-corrected chi connectivity index (χ1v) is 11.2. The van der Waals surface area contributed by atoms with Crippen molar-refractivity contribution in [3.05, 3.63) is 45.9 Å². The molecule has 0 atom stereocenters. The van der Waals surface area contributed by atoms with Crippen molar-refractivity contribution in [2.75, 3.05) is 27.6 Å². The van der Waals surface area contributed by atoms with Crippen molar-refractivity contribution < 1.29 is 23.7 Å². The maximum atomic E-state index is 11.4. The van der Waals surface area contributed by atoms with E-state index >= 15 is 0 Å². The number of ether oxygens (including phenoxy) is 4. The smallest absolute Gasteiger partial charge is 0.343 e. The zero-order valence-electron chi connectivity index (χ0n) is 19.8. The molecule has 0 radical (unpaired) electrons. The molecule has 0 amide bonds. The van der Waals surface area contributed by atoms with Crippen LogP contribution in [-0.2, 0) is 20.7 Å².